The van der Waals surface area contributed by atoms with Crippen LogP contribution in [0.4, 0.5) is 0 Å². The average Bonchev–Trinajstić information content (AvgIpc) is 2.39. The Morgan fingerprint density at radius 3 is 2.89 bits per heavy atom. The Balaban J connectivity index is 2.33. The van der Waals surface area contributed by atoms with Crippen LogP contribution in [0.2, 0.25) is 0 Å². The van der Waals surface area contributed by atoms with Gasteiger partial charge in [0, 0.05) is 11.8 Å². The lowest BCUT2D eigenvalue weighted by Crippen LogP contribution is -2.40. The molecule has 1 aromatic rings. The summed E-state index contributed by atoms with van der Waals surface area (Å²) in [7, 11) is 0. The Bertz CT molecular complexity index is 419. The molecular formula is C16H25NO2. The Labute approximate surface area is 116 Å². The predicted molar refractivity (Wildman–Crippen MR) is 76.1 cm³/mol. The normalized spacial score (nSPS) is 27.5. The molecule has 3 nitrogen and oxygen atoms in total. The Morgan fingerprint density at radius 2 is 2.21 bits per heavy atom. The van der Waals surface area contributed by atoms with Crippen molar-refractivity contribution in [2.45, 2.75) is 52.1 Å². The summed E-state index contributed by atoms with van der Waals surface area (Å²) in [5.74, 6) is 1.53. The highest BCUT2D eigenvalue weighted by molar-refractivity contribution is 5.29. The zero-order chi connectivity index (χ0) is 13.9. The van der Waals surface area contributed by atoms with Crippen LogP contribution in [0.15, 0.2) is 18.5 Å². The standard InChI is InChI=1S/C16H25NO2/c1-4-19-14-9-13(10-17-11-14)16(18)8-6-5-7-15(16)12(2)3/h9-12,15,18H,4-8H2,1-3H3. The van der Waals surface area contributed by atoms with Gasteiger partial charge in [-0.05, 0) is 37.7 Å². The van der Waals surface area contributed by atoms with Gasteiger partial charge in [-0.2, -0.15) is 0 Å². The molecule has 2 rings (SSSR count). The van der Waals surface area contributed by atoms with E-state index < -0.39 is 5.60 Å². The lowest BCUT2D eigenvalue weighted by atomic mass is 9.67. The quantitative estimate of drug-likeness (QED) is 0.904. The molecule has 0 bridgehead atoms. The first-order valence-corrected chi connectivity index (χ1v) is 7.38. The van der Waals surface area contributed by atoms with Crippen LogP contribution in [-0.2, 0) is 5.60 Å². The van der Waals surface area contributed by atoms with E-state index in [0.717, 1.165) is 30.6 Å². The van der Waals surface area contributed by atoms with E-state index in [0.29, 0.717) is 18.4 Å². The van der Waals surface area contributed by atoms with Crippen LogP contribution in [0.3, 0.4) is 0 Å². The summed E-state index contributed by atoms with van der Waals surface area (Å²) in [6.07, 6.45) is 7.72. The van der Waals surface area contributed by atoms with Crippen LogP contribution in [-0.4, -0.2) is 16.7 Å². The maximum absolute atomic E-state index is 11.2. The largest absolute Gasteiger partial charge is 0.492 e. The second kappa shape index (κ2) is 5.91. The first kappa shape index (κ1) is 14.3. The third kappa shape index (κ3) is 2.92. The summed E-state index contributed by atoms with van der Waals surface area (Å²) in [5, 5.41) is 11.2. The second-order valence-electron chi connectivity index (χ2n) is 5.86. The molecule has 0 amide bonds. The summed E-state index contributed by atoms with van der Waals surface area (Å²) >= 11 is 0. The van der Waals surface area contributed by atoms with Crippen LogP contribution in [0, 0.1) is 11.8 Å². The Morgan fingerprint density at radius 1 is 1.42 bits per heavy atom. The van der Waals surface area contributed by atoms with Crippen molar-refractivity contribution in [1.82, 2.24) is 4.98 Å². The minimum Gasteiger partial charge on any atom is -0.492 e. The van der Waals surface area contributed by atoms with Crippen molar-refractivity contribution in [3.05, 3.63) is 24.0 Å². The number of pyridine rings is 1. The molecule has 0 saturated heterocycles. The highest BCUT2D eigenvalue weighted by Crippen LogP contribution is 2.45. The van der Waals surface area contributed by atoms with Gasteiger partial charge in [-0.15, -0.1) is 0 Å². The molecule has 3 heteroatoms. The third-order valence-electron chi connectivity index (χ3n) is 4.27. The summed E-state index contributed by atoms with van der Waals surface area (Å²) in [4.78, 5) is 4.23. The molecule has 1 N–H and O–H groups in total. The van der Waals surface area contributed by atoms with E-state index in [2.05, 4.69) is 18.8 Å². The van der Waals surface area contributed by atoms with E-state index >= 15 is 0 Å². The van der Waals surface area contributed by atoms with E-state index in [1.165, 1.54) is 6.42 Å². The fraction of sp³-hybridized carbons (Fsp3) is 0.688. The molecule has 2 atom stereocenters. The van der Waals surface area contributed by atoms with Crippen molar-refractivity contribution in [2.75, 3.05) is 6.61 Å². The van der Waals surface area contributed by atoms with Gasteiger partial charge in [0.2, 0.25) is 0 Å². The van der Waals surface area contributed by atoms with Gasteiger partial charge in [0.25, 0.3) is 0 Å². The van der Waals surface area contributed by atoms with Crippen molar-refractivity contribution in [3.63, 3.8) is 0 Å². The first-order valence-electron chi connectivity index (χ1n) is 7.38. The van der Waals surface area contributed by atoms with E-state index in [4.69, 9.17) is 4.74 Å². The van der Waals surface area contributed by atoms with Crippen LogP contribution < -0.4 is 4.74 Å². The third-order valence-corrected chi connectivity index (χ3v) is 4.27. The highest BCUT2D eigenvalue weighted by atomic mass is 16.5. The van der Waals surface area contributed by atoms with Crippen molar-refractivity contribution in [3.8, 4) is 5.75 Å². The number of aromatic nitrogens is 1. The molecule has 1 fully saturated rings. The molecule has 2 unspecified atom stereocenters. The van der Waals surface area contributed by atoms with Gasteiger partial charge in [0.15, 0.2) is 0 Å². The smallest absolute Gasteiger partial charge is 0.137 e. The van der Waals surface area contributed by atoms with Crippen LogP contribution in [0.25, 0.3) is 0 Å². The Kier molecular flexibility index (Phi) is 4.46. The van der Waals surface area contributed by atoms with Crippen molar-refractivity contribution < 1.29 is 9.84 Å². The van der Waals surface area contributed by atoms with Gasteiger partial charge in [-0.1, -0.05) is 26.7 Å². The topological polar surface area (TPSA) is 42.4 Å². The molecule has 1 aliphatic carbocycles. The molecule has 1 heterocycles. The Hall–Kier alpha value is -1.09. The molecule has 0 radical (unpaired) electrons. The molecule has 0 spiro atoms. The van der Waals surface area contributed by atoms with Crippen molar-refractivity contribution in [2.24, 2.45) is 11.8 Å². The molecule has 0 aliphatic heterocycles. The van der Waals surface area contributed by atoms with E-state index in [9.17, 15) is 5.11 Å². The molecule has 1 saturated carbocycles. The fourth-order valence-electron chi connectivity index (χ4n) is 3.33. The van der Waals surface area contributed by atoms with Crippen molar-refractivity contribution >= 4 is 0 Å². The van der Waals surface area contributed by atoms with Gasteiger partial charge in [0.1, 0.15) is 5.75 Å². The number of aliphatic hydroxyl groups is 1. The maximum Gasteiger partial charge on any atom is 0.137 e. The fourth-order valence-corrected chi connectivity index (χ4v) is 3.33. The van der Waals surface area contributed by atoms with E-state index in [-0.39, 0.29) is 0 Å². The molecule has 0 aromatic carbocycles. The highest BCUT2D eigenvalue weighted by Gasteiger charge is 2.42. The van der Waals surface area contributed by atoms with Crippen LogP contribution in [0.5, 0.6) is 5.75 Å². The molecule has 1 aromatic heterocycles. The lowest BCUT2D eigenvalue weighted by molar-refractivity contribution is -0.0725. The summed E-state index contributed by atoms with van der Waals surface area (Å²) in [5.41, 5.74) is 0.170. The SMILES string of the molecule is CCOc1cncc(C2(O)CCCCC2C(C)C)c1. The van der Waals surface area contributed by atoms with Crippen LogP contribution >= 0.6 is 0 Å². The second-order valence-corrected chi connectivity index (χ2v) is 5.86. The molecule has 106 valence electrons. The van der Waals surface area contributed by atoms with Gasteiger partial charge >= 0.3 is 0 Å². The van der Waals surface area contributed by atoms with Crippen LogP contribution in [0.1, 0.15) is 52.0 Å². The van der Waals surface area contributed by atoms with E-state index in [1.54, 1.807) is 12.4 Å². The van der Waals surface area contributed by atoms with Gasteiger partial charge < -0.3 is 9.84 Å². The number of rotatable bonds is 4. The van der Waals surface area contributed by atoms with Gasteiger partial charge in [0.05, 0.1) is 18.4 Å². The summed E-state index contributed by atoms with van der Waals surface area (Å²) in [6, 6.07) is 1.96. The average molecular weight is 263 g/mol. The lowest BCUT2D eigenvalue weighted by Gasteiger charge is -2.42. The monoisotopic (exact) mass is 263 g/mol. The zero-order valence-electron chi connectivity index (χ0n) is 12.2. The predicted octanol–water partition coefficient (Wildman–Crippen LogP) is 3.51. The summed E-state index contributed by atoms with van der Waals surface area (Å²) in [6.45, 7) is 6.97. The maximum atomic E-state index is 11.2. The van der Waals surface area contributed by atoms with Gasteiger partial charge in [-0.25, -0.2) is 0 Å². The van der Waals surface area contributed by atoms with Crippen molar-refractivity contribution in [1.29, 1.82) is 0 Å². The zero-order valence-corrected chi connectivity index (χ0v) is 12.2. The number of ether oxygens (including phenoxy) is 1. The number of nitrogens with zero attached hydrogens (tertiary/aromatic N) is 1. The first-order chi connectivity index (χ1) is 9.08. The molecule has 19 heavy (non-hydrogen) atoms. The molecule has 1 aliphatic rings. The van der Waals surface area contributed by atoms with E-state index in [1.807, 2.05) is 13.0 Å². The number of hydrogen-bond donors (Lipinski definition) is 1. The van der Waals surface area contributed by atoms with Gasteiger partial charge in [-0.3, -0.25) is 4.98 Å². The number of hydrogen-bond acceptors (Lipinski definition) is 3. The minimum atomic E-state index is -0.744. The molecular weight excluding hydrogens is 238 g/mol. The summed E-state index contributed by atoms with van der Waals surface area (Å²) < 4.78 is 5.50. The minimum absolute atomic E-state index is 0.305.